The zero-order valence-electron chi connectivity index (χ0n) is 17.8. The molecule has 1 aliphatic rings. The molecule has 0 unspecified atom stereocenters. The predicted molar refractivity (Wildman–Crippen MR) is 117 cm³/mol. The maximum Gasteiger partial charge on any atom is 0.255 e. The first-order valence-electron chi connectivity index (χ1n) is 10.9. The van der Waals surface area contributed by atoms with Gasteiger partial charge in [-0.3, -0.25) is 9.18 Å². The Balaban J connectivity index is 1.51. The lowest BCUT2D eigenvalue weighted by molar-refractivity contribution is 0.0290. The minimum Gasteiger partial charge on any atom is -0.494 e. The highest BCUT2D eigenvalue weighted by Crippen LogP contribution is 2.32. The lowest BCUT2D eigenvalue weighted by Gasteiger charge is -2.37. The Morgan fingerprint density at radius 1 is 1.07 bits per heavy atom. The number of benzene rings is 2. The summed E-state index contributed by atoms with van der Waals surface area (Å²) in [5.41, 5.74) is 2.30. The molecule has 0 saturated heterocycles. The van der Waals surface area contributed by atoms with Crippen LogP contribution in [0.3, 0.4) is 0 Å². The Kier molecular flexibility index (Phi) is 7.86. The highest BCUT2D eigenvalue weighted by atomic mass is 19.1. The van der Waals surface area contributed by atoms with Gasteiger partial charge in [-0.15, -0.1) is 0 Å². The number of hydrogen-bond acceptors (Lipinski definition) is 3. The molecule has 0 saturated carbocycles. The highest BCUT2D eigenvalue weighted by Gasteiger charge is 2.39. The van der Waals surface area contributed by atoms with E-state index in [0.29, 0.717) is 26.0 Å². The summed E-state index contributed by atoms with van der Waals surface area (Å²) in [5, 5.41) is 10.1. The minimum absolute atomic E-state index is 0.00240. The van der Waals surface area contributed by atoms with Crippen LogP contribution in [0.1, 0.15) is 60.5 Å². The number of aliphatic hydroxyl groups excluding tert-OH is 1. The standard InChI is InChI=1S/C25H32FNO3/c1-25(19-28,27-18-21-8-4-5-9-23(21)24(27)29)15-14-20-10-12-22(13-11-20)30-17-7-3-2-6-16-26/h4-5,8-13,28H,2-3,6-7,14-19H2,1H3/t25-/m1/s1. The van der Waals surface area contributed by atoms with Crippen molar-refractivity contribution in [3.63, 3.8) is 0 Å². The number of halogens is 1. The first kappa shape index (κ1) is 22.3. The molecule has 1 N–H and O–H groups in total. The number of fused-ring (bicyclic) bond motifs is 1. The fourth-order valence-electron chi connectivity index (χ4n) is 3.90. The van der Waals surface area contributed by atoms with Crippen molar-refractivity contribution >= 4 is 5.91 Å². The van der Waals surface area contributed by atoms with Gasteiger partial charge in [-0.05, 0) is 68.4 Å². The number of unbranched alkanes of at least 4 members (excludes halogenated alkanes) is 3. The molecule has 0 bridgehead atoms. The maximum atomic E-state index is 12.8. The molecule has 0 aromatic heterocycles. The van der Waals surface area contributed by atoms with E-state index in [1.54, 1.807) is 4.90 Å². The lowest BCUT2D eigenvalue weighted by Crippen LogP contribution is -2.49. The van der Waals surface area contributed by atoms with Crippen molar-refractivity contribution in [3.05, 3.63) is 65.2 Å². The average Bonchev–Trinajstić information content (AvgIpc) is 3.13. The minimum atomic E-state index is -0.606. The Bertz CT molecular complexity index is 823. The van der Waals surface area contributed by atoms with Gasteiger partial charge >= 0.3 is 0 Å². The predicted octanol–water partition coefficient (Wildman–Crippen LogP) is 4.93. The number of aryl methyl sites for hydroxylation is 1. The van der Waals surface area contributed by atoms with E-state index in [2.05, 4.69) is 0 Å². The number of amides is 1. The zero-order chi connectivity index (χ0) is 21.4. The van der Waals surface area contributed by atoms with Gasteiger partial charge in [0, 0.05) is 12.1 Å². The largest absolute Gasteiger partial charge is 0.494 e. The first-order valence-corrected chi connectivity index (χ1v) is 10.9. The third-order valence-electron chi connectivity index (χ3n) is 5.99. The number of ether oxygens (including phenoxy) is 1. The van der Waals surface area contributed by atoms with Gasteiger partial charge in [-0.25, -0.2) is 0 Å². The van der Waals surface area contributed by atoms with Gasteiger partial charge in [0.1, 0.15) is 5.75 Å². The van der Waals surface area contributed by atoms with Gasteiger partial charge in [0.2, 0.25) is 0 Å². The molecule has 30 heavy (non-hydrogen) atoms. The van der Waals surface area contributed by atoms with Gasteiger partial charge in [-0.2, -0.15) is 0 Å². The number of carbonyl (C=O) groups is 1. The van der Waals surface area contributed by atoms with E-state index in [9.17, 15) is 14.3 Å². The Hall–Kier alpha value is -2.40. The molecule has 2 aromatic rings. The van der Waals surface area contributed by atoms with Crippen LogP contribution in [-0.4, -0.2) is 41.3 Å². The smallest absolute Gasteiger partial charge is 0.255 e. The normalized spacial score (nSPS) is 15.2. The summed E-state index contributed by atoms with van der Waals surface area (Å²) in [6.07, 6.45) is 4.91. The monoisotopic (exact) mass is 413 g/mol. The van der Waals surface area contributed by atoms with Crippen LogP contribution in [0.15, 0.2) is 48.5 Å². The number of hydrogen-bond donors (Lipinski definition) is 1. The molecule has 5 heteroatoms. The van der Waals surface area contributed by atoms with Crippen molar-refractivity contribution < 1.29 is 19.0 Å². The quantitative estimate of drug-likeness (QED) is 0.502. The van der Waals surface area contributed by atoms with E-state index >= 15 is 0 Å². The summed E-state index contributed by atoms with van der Waals surface area (Å²) in [6.45, 7) is 2.83. The summed E-state index contributed by atoms with van der Waals surface area (Å²) in [7, 11) is 0. The van der Waals surface area contributed by atoms with Crippen LogP contribution >= 0.6 is 0 Å². The van der Waals surface area contributed by atoms with Gasteiger partial charge in [0.15, 0.2) is 0 Å². The number of rotatable bonds is 12. The molecule has 1 heterocycles. The van der Waals surface area contributed by atoms with Gasteiger partial charge in [0.05, 0.1) is 25.4 Å². The molecule has 1 amide bonds. The second-order valence-electron chi connectivity index (χ2n) is 8.30. The van der Waals surface area contributed by atoms with Crippen molar-refractivity contribution in [1.29, 1.82) is 0 Å². The number of aliphatic hydroxyl groups is 1. The maximum absolute atomic E-state index is 12.8. The summed E-state index contributed by atoms with van der Waals surface area (Å²) >= 11 is 0. The molecule has 0 fully saturated rings. The second-order valence-corrected chi connectivity index (χ2v) is 8.30. The van der Waals surface area contributed by atoms with E-state index in [1.807, 2.05) is 55.5 Å². The van der Waals surface area contributed by atoms with Crippen LogP contribution in [0.4, 0.5) is 4.39 Å². The molecule has 1 aliphatic heterocycles. The summed E-state index contributed by atoms with van der Waals surface area (Å²) in [4.78, 5) is 14.6. The van der Waals surface area contributed by atoms with Crippen LogP contribution in [0.5, 0.6) is 5.75 Å². The summed E-state index contributed by atoms with van der Waals surface area (Å²) < 4.78 is 17.8. The zero-order valence-corrected chi connectivity index (χ0v) is 17.8. The van der Waals surface area contributed by atoms with Crippen molar-refractivity contribution in [2.45, 2.75) is 57.5 Å². The molecule has 0 radical (unpaired) electrons. The SMILES string of the molecule is C[C@](CO)(CCc1ccc(OCCCCCCF)cc1)N1Cc2ccccc2C1=O. The fourth-order valence-corrected chi connectivity index (χ4v) is 3.90. The van der Waals surface area contributed by atoms with Crippen LogP contribution in [0.2, 0.25) is 0 Å². The molecule has 0 spiro atoms. The van der Waals surface area contributed by atoms with Crippen LogP contribution in [-0.2, 0) is 13.0 Å². The third-order valence-corrected chi connectivity index (χ3v) is 5.99. The van der Waals surface area contributed by atoms with Crippen LogP contribution in [0.25, 0.3) is 0 Å². The van der Waals surface area contributed by atoms with Crippen molar-refractivity contribution in [3.8, 4) is 5.75 Å². The molecule has 3 rings (SSSR count). The molecular weight excluding hydrogens is 381 g/mol. The second kappa shape index (κ2) is 10.6. The Morgan fingerprint density at radius 2 is 1.80 bits per heavy atom. The van der Waals surface area contributed by atoms with E-state index in [4.69, 9.17) is 4.74 Å². The molecule has 2 aromatic carbocycles. The van der Waals surface area contributed by atoms with E-state index in [1.165, 1.54) is 0 Å². The van der Waals surface area contributed by atoms with Gasteiger partial charge < -0.3 is 14.7 Å². The van der Waals surface area contributed by atoms with E-state index in [0.717, 1.165) is 48.1 Å². The van der Waals surface area contributed by atoms with Crippen molar-refractivity contribution in [2.75, 3.05) is 19.9 Å². The summed E-state index contributed by atoms with van der Waals surface area (Å²) in [6, 6.07) is 15.7. The Labute approximate surface area is 178 Å². The molecular formula is C25H32FNO3. The molecule has 4 nitrogen and oxygen atoms in total. The average molecular weight is 414 g/mol. The van der Waals surface area contributed by atoms with E-state index < -0.39 is 5.54 Å². The molecule has 0 aliphatic carbocycles. The van der Waals surface area contributed by atoms with Crippen LogP contribution in [0, 0.1) is 0 Å². The molecule has 1 atom stereocenters. The van der Waals surface area contributed by atoms with Crippen molar-refractivity contribution in [1.82, 2.24) is 4.90 Å². The number of nitrogens with zero attached hydrogens (tertiary/aromatic N) is 1. The Morgan fingerprint density at radius 3 is 2.50 bits per heavy atom. The summed E-state index contributed by atoms with van der Waals surface area (Å²) in [5.74, 6) is 0.830. The molecule has 162 valence electrons. The van der Waals surface area contributed by atoms with Crippen molar-refractivity contribution in [2.24, 2.45) is 0 Å². The highest BCUT2D eigenvalue weighted by molar-refractivity contribution is 5.98. The lowest BCUT2D eigenvalue weighted by atomic mass is 9.92. The first-order chi connectivity index (χ1) is 14.6. The number of carbonyl (C=O) groups excluding carboxylic acids is 1. The topological polar surface area (TPSA) is 49.8 Å². The number of alkyl halides is 1. The fraction of sp³-hybridized carbons (Fsp3) is 0.480. The van der Waals surface area contributed by atoms with Crippen LogP contribution < -0.4 is 4.74 Å². The van der Waals surface area contributed by atoms with E-state index in [-0.39, 0.29) is 19.2 Å². The van der Waals surface area contributed by atoms with Gasteiger partial charge in [-0.1, -0.05) is 36.8 Å². The van der Waals surface area contributed by atoms with Gasteiger partial charge in [0.25, 0.3) is 5.91 Å². The third kappa shape index (κ3) is 5.39.